The van der Waals surface area contributed by atoms with E-state index in [0.717, 1.165) is 0 Å². The molecule has 0 radical (unpaired) electrons. The number of carbonyl (C=O) groups is 2. The molecule has 0 aliphatic rings. The van der Waals surface area contributed by atoms with E-state index in [1.54, 1.807) is 37.3 Å². The summed E-state index contributed by atoms with van der Waals surface area (Å²) in [6.07, 6.45) is 0. The quantitative estimate of drug-likeness (QED) is 0.710. The lowest BCUT2D eigenvalue weighted by molar-refractivity contribution is -0.255. The van der Waals surface area contributed by atoms with Gasteiger partial charge >= 0.3 is 0 Å². The molecular formula is C16H11N2O3-. The highest BCUT2D eigenvalue weighted by molar-refractivity contribution is 6.08. The van der Waals surface area contributed by atoms with Crippen molar-refractivity contribution in [2.24, 2.45) is 0 Å². The molecule has 5 heteroatoms. The van der Waals surface area contributed by atoms with Crippen LogP contribution in [0.3, 0.4) is 0 Å². The van der Waals surface area contributed by atoms with Crippen molar-refractivity contribution in [3.8, 4) is 0 Å². The first-order valence-corrected chi connectivity index (χ1v) is 6.39. The largest absolute Gasteiger partial charge is 0.545 e. The van der Waals surface area contributed by atoms with Gasteiger partial charge in [-0.05, 0) is 25.1 Å². The number of fused-ring (bicyclic) bond motifs is 1. The Kier molecular flexibility index (Phi) is 3.02. The van der Waals surface area contributed by atoms with Crippen molar-refractivity contribution in [3.05, 3.63) is 65.5 Å². The fourth-order valence-electron chi connectivity index (χ4n) is 2.37. The highest BCUT2D eigenvalue weighted by atomic mass is 16.4. The fourth-order valence-corrected chi connectivity index (χ4v) is 2.37. The second-order valence-corrected chi connectivity index (χ2v) is 4.62. The van der Waals surface area contributed by atoms with Gasteiger partial charge in [-0.15, -0.1) is 0 Å². The number of para-hydroxylation sites is 2. The van der Waals surface area contributed by atoms with Crippen molar-refractivity contribution in [1.29, 1.82) is 0 Å². The van der Waals surface area contributed by atoms with Crippen molar-refractivity contribution < 1.29 is 14.7 Å². The smallest absolute Gasteiger partial charge is 0.264 e. The van der Waals surface area contributed by atoms with Crippen molar-refractivity contribution in [3.63, 3.8) is 0 Å². The normalized spacial score (nSPS) is 10.7. The molecule has 0 spiro atoms. The molecule has 0 aliphatic carbocycles. The first-order chi connectivity index (χ1) is 10.1. The number of nitrogens with zero attached hydrogens (tertiary/aromatic N) is 2. The van der Waals surface area contributed by atoms with Crippen LogP contribution in [0.2, 0.25) is 0 Å². The molecule has 1 heterocycles. The molecule has 0 atom stereocenters. The van der Waals surface area contributed by atoms with Gasteiger partial charge in [0.1, 0.15) is 5.82 Å². The molecular weight excluding hydrogens is 268 g/mol. The minimum absolute atomic E-state index is 0.0868. The molecule has 0 bridgehead atoms. The second-order valence-electron chi connectivity index (χ2n) is 4.62. The number of aromatic nitrogens is 2. The summed E-state index contributed by atoms with van der Waals surface area (Å²) in [6.45, 7) is 1.71. The number of rotatable bonds is 2. The van der Waals surface area contributed by atoms with Crippen LogP contribution in [0.1, 0.15) is 26.5 Å². The van der Waals surface area contributed by atoms with Crippen LogP contribution < -0.4 is 5.11 Å². The zero-order valence-corrected chi connectivity index (χ0v) is 11.2. The van der Waals surface area contributed by atoms with Gasteiger partial charge in [0.05, 0.1) is 17.0 Å². The summed E-state index contributed by atoms with van der Waals surface area (Å²) in [5, 5.41) is 11.2. The average molecular weight is 279 g/mol. The van der Waals surface area contributed by atoms with Crippen LogP contribution >= 0.6 is 0 Å². The molecule has 0 amide bonds. The number of hydrogen-bond acceptors (Lipinski definition) is 4. The number of carboxylic acid groups (broad SMARTS) is 1. The van der Waals surface area contributed by atoms with Gasteiger partial charge in [0.15, 0.2) is 0 Å². The summed E-state index contributed by atoms with van der Waals surface area (Å²) in [5.74, 6) is -1.30. The summed E-state index contributed by atoms with van der Waals surface area (Å²) >= 11 is 0. The lowest BCUT2D eigenvalue weighted by Crippen LogP contribution is -2.26. The Morgan fingerprint density at radius 2 is 1.62 bits per heavy atom. The monoisotopic (exact) mass is 279 g/mol. The van der Waals surface area contributed by atoms with Gasteiger partial charge in [-0.2, -0.15) is 0 Å². The van der Waals surface area contributed by atoms with Crippen LogP contribution in [0.15, 0.2) is 48.5 Å². The highest BCUT2D eigenvalue weighted by Crippen LogP contribution is 2.19. The summed E-state index contributed by atoms with van der Waals surface area (Å²) < 4.78 is 1.41. The second kappa shape index (κ2) is 4.86. The zero-order valence-electron chi connectivity index (χ0n) is 11.2. The lowest BCUT2D eigenvalue weighted by Gasteiger charge is -2.11. The van der Waals surface area contributed by atoms with Crippen LogP contribution in [0.25, 0.3) is 11.0 Å². The van der Waals surface area contributed by atoms with E-state index in [2.05, 4.69) is 4.98 Å². The van der Waals surface area contributed by atoms with E-state index < -0.39 is 11.9 Å². The van der Waals surface area contributed by atoms with Crippen LogP contribution in [-0.4, -0.2) is 21.4 Å². The Morgan fingerprint density at radius 1 is 1.00 bits per heavy atom. The van der Waals surface area contributed by atoms with E-state index in [1.807, 2.05) is 6.07 Å². The Labute approximate surface area is 120 Å². The summed E-state index contributed by atoms with van der Waals surface area (Å²) in [6, 6.07) is 13.2. The Bertz CT molecular complexity index is 865. The van der Waals surface area contributed by atoms with Crippen LogP contribution in [0, 0.1) is 6.92 Å². The first kappa shape index (κ1) is 13.1. The van der Waals surface area contributed by atoms with Crippen LogP contribution in [0.4, 0.5) is 0 Å². The van der Waals surface area contributed by atoms with Crippen LogP contribution in [-0.2, 0) is 0 Å². The molecule has 0 saturated heterocycles. The molecule has 0 N–H and O–H groups in total. The van der Waals surface area contributed by atoms with Gasteiger partial charge in [0, 0.05) is 11.1 Å². The maximum Gasteiger partial charge on any atom is 0.264 e. The number of aromatic carboxylic acids is 1. The van der Waals surface area contributed by atoms with Crippen molar-refractivity contribution in [1.82, 2.24) is 9.55 Å². The molecule has 0 fully saturated rings. The van der Waals surface area contributed by atoms with Crippen LogP contribution in [0.5, 0.6) is 0 Å². The van der Waals surface area contributed by atoms with Crippen molar-refractivity contribution in [2.75, 3.05) is 0 Å². The first-order valence-electron chi connectivity index (χ1n) is 6.39. The number of carbonyl (C=O) groups excluding carboxylic acids is 2. The standard InChI is InChI=1S/C16H12N2O3/c1-10-17-13-8-4-5-9-14(13)18(10)15(19)11-6-2-3-7-12(11)16(20)21/h2-9H,1H3,(H,20,21)/p-1. The molecule has 2 aromatic carbocycles. The lowest BCUT2D eigenvalue weighted by atomic mass is 10.1. The molecule has 3 aromatic rings. The van der Waals surface area contributed by atoms with Gasteiger partial charge < -0.3 is 9.90 Å². The van der Waals surface area contributed by atoms with E-state index >= 15 is 0 Å². The predicted octanol–water partition coefficient (Wildman–Crippen LogP) is 1.40. The minimum Gasteiger partial charge on any atom is -0.545 e. The third-order valence-corrected chi connectivity index (χ3v) is 3.31. The third kappa shape index (κ3) is 2.08. The molecule has 104 valence electrons. The van der Waals surface area contributed by atoms with Gasteiger partial charge in [-0.1, -0.05) is 30.3 Å². The van der Waals surface area contributed by atoms with Gasteiger partial charge in [0.2, 0.25) is 0 Å². The molecule has 0 aliphatic heterocycles. The molecule has 3 rings (SSSR count). The van der Waals surface area contributed by atoms with E-state index in [-0.39, 0.29) is 11.1 Å². The molecule has 1 aromatic heterocycles. The molecule has 0 unspecified atom stereocenters. The van der Waals surface area contributed by atoms with Crippen molar-refractivity contribution in [2.45, 2.75) is 6.92 Å². The van der Waals surface area contributed by atoms with Crippen molar-refractivity contribution >= 4 is 22.9 Å². The number of imidazole rings is 1. The SMILES string of the molecule is Cc1nc2ccccc2n1C(=O)c1ccccc1C(=O)[O-]. The molecule has 0 saturated carbocycles. The Balaban J connectivity index is 2.22. The van der Waals surface area contributed by atoms with E-state index in [0.29, 0.717) is 16.9 Å². The maximum atomic E-state index is 12.7. The third-order valence-electron chi connectivity index (χ3n) is 3.31. The maximum absolute atomic E-state index is 12.7. The van der Waals surface area contributed by atoms with Gasteiger partial charge in [-0.25, -0.2) is 4.98 Å². The summed E-state index contributed by atoms with van der Waals surface area (Å²) in [4.78, 5) is 28.2. The predicted molar refractivity (Wildman–Crippen MR) is 75.0 cm³/mol. The zero-order chi connectivity index (χ0) is 15.0. The Morgan fingerprint density at radius 3 is 2.33 bits per heavy atom. The fraction of sp³-hybridized carbons (Fsp3) is 0.0625. The van der Waals surface area contributed by atoms with E-state index in [4.69, 9.17) is 0 Å². The topological polar surface area (TPSA) is 75.0 Å². The number of hydrogen-bond donors (Lipinski definition) is 0. The summed E-state index contributed by atoms with van der Waals surface area (Å²) in [7, 11) is 0. The number of carboxylic acids is 1. The minimum atomic E-state index is -1.37. The van der Waals surface area contributed by atoms with E-state index in [1.165, 1.54) is 16.7 Å². The highest BCUT2D eigenvalue weighted by Gasteiger charge is 2.18. The molecule has 5 nitrogen and oxygen atoms in total. The Hall–Kier alpha value is -2.95. The number of benzene rings is 2. The summed E-state index contributed by atoms with van der Waals surface area (Å²) in [5.41, 5.74) is 1.30. The van der Waals surface area contributed by atoms with Gasteiger partial charge in [-0.3, -0.25) is 9.36 Å². The molecule has 21 heavy (non-hydrogen) atoms. The average Bonchev–Trinajstić information content (AvgIpc) is 2.82. The van der Waals surface area contributed by atoms with E-state index in [9.17, 15) is 14.7 Å². The number of aryl methyl sites for hydroxylation is 1. The van der Waals surface area contributed by atoms with Gasteiger partial charge in [0.25, 0.3) is 5.91 Å².